The van der Waals surface area contributed by atoms with Crippen LogP contribution in [0.3, 0.4) is 0 Å². The lowest BCUT2D eigenvalue weighted by molar-refractivity contribution is -0.145. The summed E-state index contributed by atoms with van der Waals surface area (Å²) in [6, 6.07) is 14.4. The first kappa shape index (κ1) is 22.3. The summed E-state index contributed by atoms with van der Waals surface area (Å²) in [5.74, 6) is -0.906. The Morgan fingerprint density at radius 3 is 2.35 bits per heavy atom. The van der Waals surface area contributed by atoms with Crippen molar-refractivity contribution in [2.24, 2.45) is 0 Å². The summed E-state index contributed by atoms with van der Waals surface area (Å²) < 4.78 is 10.6. The number of nitrogens with zero attached hydrogens (tertiary/aromatic N) is 1. The Hall–Kier alpha value is -3.35. The number of benzene rings is 2. The third-order valence-electron chi connectivity index (χ3n) is 4.81. The monoisotopic (exact) mass is 424 g/mol. The number of anilines is 1. The van der Waals surface area contributed by atoms with Gasteiger partial charge in [-0.05, 0) is 44.9 Å². The zero-order chi connectivity index (χ0) is 22.6. The van der Waals surface area contributed by atoms with Gasteiger partial charge < -0.3 is 14.8 Å². The maximum absolute atomic E-state index is 13.8. The summed E-state index contributed by atoms with van der Waals surface area (Å²) in [5, 5.41) is 2.68. The van der Waals surface area contributed by atoms with Crippen molar-refractivity contribution in [1.82, 2.24) is 5.32 Å². The number of amides is 2. The van der Waals surface area contributed by atoms with E-state index >= 15 is 0 Å². The number of alkyl carbamates (subject to hydrolysis) is 1. The topological polar surface area (TPSA) is 84.9 Å². The van der Waals surface area contributed by atoms with E-state index in [2.05, 4.69) is 5.32 Å². The van der Waals surface area contributed by atoms with Crippen LogP contribution in [0.15, 0.2) is 54.6 Å². The molecular formula is C24H28N2O5. The van der Waals surface area contributed by atoms with Crippen molar-refractivity contribution in [3.05, 3.63) is 65.7 Å². The van der Waals surface area contributed by atoms with Gasteiger partial charge in [-0.1, -0.05) is 48.5 Å². The molecule has 2 aromatic carbocycles. The average molecular weight is 424 g/mol. The molecule has 0 spiro atoms. The molecule has 164 valence electrons. The highest BCUT2D eigenvalue weighted by Gasteiger charge is 2.42. The van der Waals surface area contributed by atoms with Crippen LogP contribution in [0, 0.1) is 0 Å². The van der Waals surface area contributed by atoms with Gasteiger partial charge in [0, 0.05) is 12.1 Å². The molecule has 0 saturated heterocycles. The Labute approximate surface area is 182 Å². The van der Waals surface area contributed by atoms with Gasteiger partial charge in [-0.15, -0.1) is 0 Å². The third-order valence-corrected chi connectivity index (χ3v) is 4.81. The van der Waals surface area contributed by atoms with E-state index in [0.717, 1.165) is 5.56 Å². The maximum atomic E-state index is 13.8. The number of fused-ring (bicyclic) bond motifs is 1. The van der Waals surface area contributed by atoms with Crippen LogP contribution in [-0.4, -0.2) is 36.2 Å². The Morgan fingerprint density at radius 2 is 1.71 bits per heavy atom. The molecular weight excluding hydrogens is 396 g/mol. The van der Waals surface area contributed by atoms with Crippen molar-refractivity contribution >= 4 is 23.7 Å². The van der Waals surface area contributed by atoms with Gasteiger partial charge in [0.1, 0.15) is 17.7 Å². The van der Waals surface area contributed by atoms with Crippen molar-refractivity contribution in [1.29, 1.82) is 0 Å². The molecule has 7 nitrogen and oxygen atoms in total. The van der Waals surface area contributed by atoms with Crippen LogP contribution in [0.5, 0.6) is 0 Å². The predicted molar refractivity (Wildman–Crippen MR) is 117 cm³/mol. The molecule has 7 heteroatoms. The lowest BCUT2D eigenvalue weighted by Crippen LogP contribution is -2.50. The van der Waals surface area contributed by atoms with Gasteiger partial charge in [-0.2, -0.15) is 0 Å². The SMILES string of the molecule is CCOC(=O)C1Cc2ccccc2N1C(=O)C(NC(=O)OC(C)(C)C)c1ccccc1. The second-order valence-corrected chi connectivity index (χ2v) is 8.30. The zero-order valence-electron chi connectivity index (χ0n) is 18.3. The number of nitrogens with one attached hydrogen (secondary N) is 1. The van der Waals surface area contributed by atoms with Crippen LogP contribution in [0.25, 0.3) is 0 Å². The van der Waals surface area contributed by atoms with E-state index in [1.807, 2.05) is 24.3 Å². The quantitative estimate of drug-likeness (QED) is 0.739. The molecule has 31 heavy (non-hydrogen) atoms. The van der Waals surface area contributed by atoms with E-state index in [4.69, 9.17) is 9.47 Å². The minimum absolute atomic E-state index is 0.214. The molecule has 2 amide bonds. The maximum Gasteiger partial charge on any atom is 0.408 e. The second-order valence-electron chi connectivity index (χ2n) is 8.30. The van der Waals surface area contributed by atoms with Crippen molar-refractivity contribution < 1.29 is 23.9 Å². The molecule has 0 saturated carbocycles. The number of hydrogen-bond donors (Lipinski definition) is 1. The summed E-state index contributed by atoms with van der Waals surface area (Å²) in [7, 11) is 0. The molecule has 0 radical (unpaired) electrons. The smallest absolute Gasteiger partial charge is 0.408 e. The number of carbonyl (C=O) groups excluding carboxylic acids is 3. The molecule has 0 aromatic heterocycles. The van der Waals surface area contributed by atoms with Crippen LogP contribution in [-0.2, 0) is 25.5 Å². The Morgan fingerprint density at radius 1 is 1.06 bits per heavy atom. The molecule has 1 N–H and O–H groups in total. The van der Waals surface area contributed by atoms with E-state index in [1.54, 1.807) is 58.0 Å². The van der Waals surface area contributed by atoms with E-state index in [-0.39, 0.29) is 6.61 Å². The highest BCUT2D eigenvalue weighted by atomic mass is 16.6. The second kappa shape index (κ2) is 9.20. The number of ether oxygens (including phenoxy) is 2. The molecule has 2 atom stereocenters. The van der Waals surface area contributed by atoms with E-state index < -0.39 is 35.7 Å². The fourth-order valence-corrected chi connectivity index (χ4v) is 3.58. The van der Waals surface area contributed by atoms with E-state index in [1.165, 1.54) is 4.90 Å². The summed E-state index contributed by atoms with van der Waals surface area (Å²) in [6.45, 7) is 7.19. The molecule has 2 unspecified atom stereocenters. The molecule has 1 aliphatic rings. The molecule has 1 heterocycles. The summed E-state index contributed by atoms with van der Waals surface area (Å²) in [4.78, 5) is 40.4. The molecule has 0 aliphatic carbocycles. The summed E-state index contributed by atoms with van der Waals surface area (Å²) in [5.41, 5.74) is 1.38. The van der Waals surface area contributed by atoms with Crippen LogP contribution in [0.1, 0.15) is 44.9 Å². The normalized spacial score (nSPS) is 16.3. The van der Waals surface area contributed by atoms with Crippen LogP contribution in [0.2, 0.25) is 0 Å². The molecule has 1 aliphatic heterocycles. The lowest BCUT2D eigenvalue weighted by atomic mass is 10.0. The van der Waals surface area contributed by atoms with Gasteiger partial charge in [0.05, 0.1) is 6.61 Å². The van der Waals surface area contributed by atoms with E-state index in [0.29, 0.717) is 17.7 Å². The first-order chi connectivity index (χ1) is 14.7. The van der Waals surface area contributed by atoms with Gasteiger partial charge in [-0.3, -0.25) is 9.69 Å². The summed E-state index contributed by atoms with van der Waals surface area (Å²) in [6.07, 6.45) is -0.357. The van der Waals surface area contributed by atoms with Gasteiger partial charge in [0.15, 0.2) is 0 Å². The third kappa shape index (κ3) is 5.23. The fraction of sp³-hybridized carbons (Fsp3) is 0.375. The van der Waals surface area contributed by atoms with Gasteiger partial charge >= 0.3 is 12.1 Å². The predicted octanol–water partition coefficient (Wildman–Crippen LogP) is 3.77. The van der Waals surface area contributed by atoms with Crippen molar-refractivity contribution in [2.75, 3.05) is 11.5 Å². The lowest BCUT2D eigenvalue weighted by Gasteiger charge is -2.30. The van der Waals surface area contributed by atoms with Crippen LogP contribution < -0.4 is 10.2 Å². The molecule has 0 bridgehead atoms. The van der Waals surface area contributed by atoms with Crippen molar-refractivity contribution in [2.45, 2.75) is 51.8 Å². The van der Waals surface area contributed by atoms with Crippen molar-refractivity contribution in [3.8, 4) is 0 Å². The van der Waals surface area contributed by atoms with Crippen molar-refractivity contribution in [3.63, 3.8) is 0 Å². The summed E-state index contributed by atoms with van der Waals surface area (Å²) >= 11 is 0. The van der Waals surface area contributed by atoms with Gasteiger partial charge in [-0.25, -0.2) is 9.59 Å². The molecule has 2 aromatic rings. The highest BCUT2D eigenvalue weighted by molar-refractivity contribution is 6.05. The van der Waals surface area contributed by atoms with Crippen LogP contribution >= 0.6 is 0 Å². The number of carbonyl (C=O) groups is 3. The zero-order valence-corrected chi connectivity index (χ0v) is 18.3. The first-order valence-corrected chi connectivity index (χ1v) is 10.3. The Kier molecular flexibility index (Phi) is 6.63. The minimum atomic E-state index is -1.03. The highest BCUT2D eigenvalue weighted by Crippen LogP contribution is 2.35. The van der Waals surface area contributed by atoms with E-state index in [9.17, 15) is 14.4 Å². The number of rotatable bonds is 5. The first-order valence-electron chi connectivity index (χ1n) is 10.3. The number of hydrogen-bond acceptors (Lipinski definition) is 5. The minimum Gasteiger partial charge on any atom is -0.464 e. The molecule has 3 rings (SSSR count). The number of para-hydroxylation sites is 1. The largest absolute Gasteiger partial charge is 0.464 e. The van der Waals surface area contributed by atoms with Crippen LogP contribution in [0.4, 0.5) is 10.5 Å². The van der Waals surface area contributed by atoms with Gasteiger partial charge in [0.25, 0.3) is 5.91 Å². The van der Waals surface area contributed by atoms with Gasteiger partial charge in [0.2, 0.25) is 0 Å². The molecule has 0 fully saturated rings. The standard InChI is InChI=1S/C24H28N2O5/c1-5-30-22(28)19-15-17-13-9-10-14-18(17)26(19)21(27)20(16-11-7-6-8-12-16)25-23(29)31-24(2,3)4/h6-14,19-20H,5,15H2,1-4H3,(H,25,29). The number of esters is 1. The average Bonchev–Trinajstić information content (AvgIpc) is 3.11. The Bertz CT molecular complexity index is 952. The fourth-order valence-electron chi connectivity index (χ4n) is 3.58. The Balaban J connectivity index is 1.98.